The van der Waals surface area contributed by atoms with Gasteiger partial charge in [0.1, 0.15) is 0 Å². The molecule has 1 amide bonds. The number of benzene rings is 1. The van der Waals surface area contributed by atoms with Crippen LogP contribution in [0.1, 0.15) is 5.56 Å². The quantitative estimate of drug-likeness (QED) is 0.700. The average molecular weight is 220 g/mol. The van der Waals surface area contributed by atoms with E-state index in [1.807, 2.05) is 0 Å². The summed E-state index contributed by atoms with van der Waals surface area (Å²) in [5, 5.41) is 0. The van der Waals surface area contributed by atoms with Gasteiger partial charge in [-0.3, -0.25) is 9.59 Å². The molecule has 1 aromatic carbocycles. The van der Waals surface area contributed by atoms with Gasteiger partial charge in [-0.15, -0.1) is 0 Å². The van der Waals surface area contributed by atoms with Crippen molar-refractivity contribution < 1.29 is 14.3 Å². The molecule has 0 fully saturated rings. The lowest BCUT2D eigenvalue weighted by molar-refractivity contribution is -0.150. The summed E-state index contributed by atoms with van der Waals surface area (Å²) in [6.07, 6.45) is 0.176. The van der Waals surface area contributed by atoms with E-state index in [0.29, 0.717) is 0 Å². The summed E-state index contributed by atoms with van der Waals surface area (Å²) in [6, 6.07) is 9.89. The van der Waals surface area contributed by atoms with E-state index in [4.69, 9.17) is 4.74 Å². The molecule has 0 aliphatic heterocycles. The second-order valence-electron chi connectivity index (χ2n) is 3.53. The molecule has 4 heteroatoms. The van der Waals surface area contributed by atoms with E-state index >= 15 is 0 Å². The van der Waals surface area contributed by atoms with Gasteiger partial charge < -0.3 is 9.64 Å². The topological polar surface area (TPSA) is 46.6 Å². The van der Waals surface area contributed by atoms with Gasteiger partial charge in [0.25, 0.3) is 5.91 Å². The normalized spacial score (nSPS) is 9.62. The summed E-state index contributed by atoms with van der Waals surface area (Å²) in [5.74, 6) is -0.629. The summed E-state index contributed by atoms with van der Waals surface area (Å²) in [5.41, 5.74) is 0.848. The summed E-state index contributed by atoms with van der Waals surface area (Å²) in [4.78, 5) is 23.9. The highest BCUT2D eigenvalue weighted by Crippen LogP contribution is 2.00. The van der Waals surface area contributed by atoms with Crippen LogP contribution in [0, 0.1) is 6.07 Å². The van der Waals surface area contributed by atoms with E-state index in [1.54, 1.807) is 38.4 Å². The van der Waals surface area contributed by atoms with Crippen molar-refractivity contribution in [2.24, 2.45) is 0 Å². The summed E-state index contributed by atoms with van der Waals surface area (Å²) in [6.45, 7) is -0.204. The zero-order valence-electron chi connectivity index (χ0n) is 9.40. The minimum absolute atomic E-state index is 0.176. The van der Waals surface area contributed by atoms with Crippen molar-refractivity contribution in [1.82, 2.24) is 4.90 Å². The fourth-order valence-corrected chi connectivity index (χ4v) is 1.03. The molecule has 0 heterocycles. The first-order valence-electron chi connectivity index (χ1n) is 4.90. The molecule has 1 radical (unpaired) electrons. The Labute approximate surface area is 94.8 Å². The molecule has 0 saturated heterocycles. The van der Waals surface area contributed by atoms with Crippen molar-refractivity contribution >= 4 is 11.9 Å². The van der Waals surface area contributed by atoms with E-state index in [0.717, 1.165) is 5.56 Å². The van der Waals surface area contributed by atoms with Crippen molar-refractivity contribution in [3.8, 4) is 0 Å². The Morgan fingerprint density at radius 3 is 2.50 bits per heavy atom. The Morgan fingerprint density at radius 1 is 1.31 bits per heavy atom. The molecule has 0 spiro atoms. The highest BCUT2D eigenvalue weighted by molar-refractivity contribution is 5.80. The van der Waals surface area contributed by atoms with Crippen LogP contribution in [0.4, 0.5) is 0 Å². The lowest BCUT2D eigenvalue weighted by Gasteiger charge is -2.10. The van der Waals surface area contributed by atoms with Crippen LogP contribution in [0.15, 0.2) is 24.3 Å². The highest BCUT2D eigenvalue weighted by Gasteiger charge is 2.09. The van der Waals surface area contributed by atoms with Crippen molar-refractivity contribution in [1.29, 1.82) is 0 Å². The van der Waals surface area contributed by atoms with Crippen molar-refractivity contribution in [2.75, 3.05) is 20.7 Å². The van der Waals surface area contributed by atoms with Crippen LogP contribution in [-0.4, -0.2) is 37.5 Å². The number of rotatable bonds is 4. The summed E-state index contributed by atoms with van der Waals surface area (Å²) >= 11 is 0. The maximum Gasteiger partial charge on any atom is 0.310 e. The maximum atomic E-state index is 11.3. The molecule has 0 saturated carbocycles. The molecule has 0 aliphatic carbocycles. The third kappa shape index (κ3) is 4.13. The van der Waals surface area contributed by atoms with Crippen LogP contribution < -0.4 is 0 Å². The second kappa shape index (κ2) is 5.90. The monoisotopic (exact) mass is 220 g/mol. The molecule has 0 atom stereocenters. The molecular weight excluding hydrogens is 206 g/mol. The number of likely N-dealkylation sites (N-methyl/N-ethyl adjacent to an activating group) is 1. The SMILES string of the molecule is CN(C)C(=O)COC(=O)Cc1cc[c]cc1. The van der Waals surface area contributed by atoms with Gasteiger partial charge in [-0.05, 0) is 11.6 Å². The van der Waals surface area contributed by atoms with Crippen LogP contribution in [-0.2, 0) is 20.7 Å². The minimum Gasteiger partial charge on any atom is -0.455 e. The van der Waals surface area contributed by atoms with E-state index < -0.39 is 5.97 Å². The van der Waals surface area contributed by atoms with Gasteiger partial charge in [0.15, 0.2) is 6.61 Å². The zero-order chi connectivity index (χ0) is 12.0. The molecular formula is C12H14NO3. The lowest BCUT2D eigenvalue weighted by Crippen LogP contribution is -2.27. The number of hydrogen-bond acceptors (Lipinski definition) is 3. The van der Waals surface area contributed by atoms with Gasteiger partial charge in [-0.25, -0.2) is 0 Å². The molecule has 0 bridgehead atoms. The third-order valence-corrected chi connectivity index (χ3v) is 1.99. The molecule has 0 unspecified atom stereocenters. The number of amides is 1. The van der Waals surface area contributed by atoms with Crippen LogP contribution in [0.25, 0.3) is 0 Å². The number of ether oxygens (including phenoxy) is 1. The molecule has 85 valence electrons. The number of esters is 1. The molecule has 1 rings (SSSR count). The number of nitrogens with zero attached hydrogens (tertiary/aromatic N) is 1. The molecule has 0 aromatic heterocycles. The largest absolute Gasteiger partial charge is 0.455 e. The molecule has 16 heavy (non-hydrogen) atoms. The fraction of sp³-hybridized carbons (Fsp3) is 0.333. The van der Waals surface area contributed by atoms with Gasteiger partial charge in [-0.2, -0.15) is 0 Å². The first-order chi connectivity index (χ1) is 7.59. The predicted octanol–water partition coefficient (Wildman–Crippen LogP) is 0.661. The number of carbonyl (C=O) groups is 2. The van der Waals surface area contributed by atoms with Crippen LogP contribution >= 0.6 is 0 Å². The van der Waals surface area contributed by atoms with Crippen molar-refractivity contribution in [2.45, 2.75) is 6.42 Å². The van der Waals surface area contributed by atoms with E-state index in [1.165, 1.54) is 4.90 Å². The Kier molecular flexibility index (Phi) is 4.51. The van der Waals surface area contributed by atoms with Gasteiger partial charge in [-0.1, -0.05) is 24.3 Å². The zero-order valence-corrected chi connectivity index (χ0v) is 9.40. The Bertz CT molecular complexity index is 360. The molecule has 4 nitrogen and oxygen atoms in total. The smallest absolute Gasteiger partial charge is 0.310 e. The third-order valence-electron chi connectivity index (χ3n) is 1.99. The van der Waals surface area contributed by atoms with E-state index in [2.05, 4.69) is 6.07 Å². The van der Waals surface area contributed by atoms with Crippen LogP contribution in [0.5, 0.6) is 0 Å². The average Bonchev–Trinajstić information content (AvgIpc) is 2.27. The second-order valence-corrected chi connectivity index (χ2v) is 3.53. The molecule has 0 N–H and O–H groups in total. The first-order valence-corrected chi connectivity index (χ1v) is 4.90. The number of carbonyl (C=O) groups excluding carboxylic acids is 2. The maximum absolute atomic E-state index is 11.3. The Balaban J connectivity index is 2.35. The summed E-state index contributed by atoms with van der Waals surface area (Å²) < 4.78 is 4.83. The van der Waals surface area contributed by atoms with Gasteiger partial charge in [0.05, 0.1) is 6.42 Å². The fourth-order valence-electron chi connectivity index (χ4n) is 1.03. The van der Waals surface area contributed by atoms with Crippen molar-refractivity contribution in [3.05, 3.63) is 35.9 Å². The van der Waals surface area contributed by atoms with E-state index in [9.17, 15) is 9.59 Å². The minimum atomic E-state index is -0.401. The standard InChI is InChI=1S/C12H14NO3/c1-13(2)11(14)9-16-12(15)8-10-6-4-3-5-7-10/h4-7H,8-9H2,1-2H3. The van der Waals surface area contributed by atoms with Gasteiger partial charge in [0, 0.05) is 14.1 Å². The first kappa shape index (κ1) is 12.2. The molecule has 1 aromatic rings. The summed E-state index contributed by atoms with van der Waals surface area (Å²) in [7, 11) is 3.23. The molecule has 0 aliphatic rings. The number of hydrogen-bond donors (Lipinski definition) is 0. The van der Waals surface area contributed by atoms with Crippen LogP contribution in [0.2, 0.25) is 0 Å². The Morgan fingerprint density at radius 2 is 1.94 bits per heavy atom. The van der Waals surface area contributed by atoms with Crippen molar-refractivity contribution in [3.63, 3.8) is 0 Å². The van der Waals surface area contributed by atoms with Crippen LogP contribution in [0.3, 0.4) is 0 Å². The van der Waals surface area contributed by atoms with E-state index in [-0.39, 0.29) is 18.9 Å². The highest BCUT2D eigenvalue weighted by atomic mass is 16.5. The lowest BCUT2D eigenvalue weighted by atomic mass is 10.2. The van der Waals surface area contributed by atoms with Gasteiger partial charge in [0.2, 0.25) is 0 Å². The Hall–Kier alpha value is -1.84. The predicted molar refractivity (Wildman–Crippen MR) is 58.6 cm³/mol. The van der Waals surface area contributed by atoms with Gasteiger partial charge >= 0.3 is 5.97 Å².